The second kappa shape index (κ2) is 8.53. The monoisotopic (exact) mass is 202 g/mol. The summed E-state index contributed by atoms with van der Waals surface area (Å²) in [6.07, 6.45) is 3.93. The Kier molecular flexibility index (Phi) is 7.89. The number of hydrogen-bond acceptors (Lipinski definition) is 4. The lowest BCUT2D eigenvalue weighted by Gasteiger charge is -2.03. The van der Waals surface area contributed by atoms with Crippen LogP contribution < -0.4 is 0 Å². The molecule has 0 aromatic rings. The summed E-state index contributed by atoms with van der Waals surface area (Å²) in [5, 5.41) is 0. The minimum atomic E-state index is -0.552. The van der Waals surface area contributed by atoms with Crippen molar-refractivity contribution in [2.75, 3.05) is 13.7 Å². The molecule has 0 N–H and O–H groups in total. The van der Waals surface area contributed by atoms with Crippen molar-refractivity contribution in [3.8, 4) is 0 Å². The molecule has 0 fully saturated rings. The van der Waals surface area contributed by atoms with Gasteiger partial charge in [-0.25, -0.2) is 0 Å². The normalized spacial score (nSPS) is 9.57. The van der Waals surface area contributed by atoms with Gasteiger partial charge in [0, 0.05) is 0 Å². The molecule has 0 aliphatic heterocycles. The van der Waals surface area contributed by atoms with E-state index in [-0.39, 0.29) is 6.42 Å². The molecule has 4 nitrogen and oxygen atoms in total. The van der Waals surface area contributed by atoms with Crippen LogP contribution in [-0.4, -0.2) is 25.7 Å². The quantitative estimate of drug-likeness (QED) is 0.358. The highest BCUT2D eigenvalue weighted by molar-refractivity contribution is 5.91. The van der Waals surface area contributed by atoms with Gasteiger partial charge in [-0.05, 0) is 6.42 Å². The zero-order valence-corrected chi connectivity index (χ0v) is 8.88. The lowest BCUT2D eigenvalue weighted by Crippen LogP contribution is -2.12. The molecule has 0 saturated heterocycles. The lowest BCUT2D eigenvalue weighted by atomic mass is 10.2. The van der Waals surface area contributed by atoms with Crippen molar-refractivity contribution in [2.45, 2.75) is 39.0 Å². The summed E-state index contributed by atoms with van der Waals surface area (Å²) in [5.74, 6) is -1.06. The van der Waals surface area contributed by atoms with E-state index >= 15 is 0 Å². The largest absolute Gasteiger partial charge is 0.469 e. The number of esters is 2. The van der Waals surface area contributed by atoms with E-state index in [0.717, 1.165) is 25.7 Å². The summed E-state index contributed by atoms with van der Waals surface area (Å²) in [7, 11) is 1.25. The van der Waals surface area contributed by atoms with Gasteiger partial charge in [-0.2, -0.15) is 0 Å². The summed E-state index contributed by atoms with van der Waals surface area (Å²) < 4.78 is 9.15. The van der Waals surface area contributed by atoms with E-state index < -0.39 is 11.9 Å². The number of rotatable bonds is 7. The first-order chi connectivity index (χ1) is 6.70. The van der Waals surface area contributed by atoms with E-state index in [2.05, 4.69) is 11.7 Å². The standard InChI is InChI=1S/C10H18O4/c1-3-4-5-6-7-14-10(12)8-9(11)13-2/h3-8H2,1-2H3. The number of ether oxygens (including phenoxy) is 2. The Morgan fingerprint density at radius 1 is 1.07 bits per heavy atom. The maximum absolute atomic E-state index is 10.9. The third kappa shape index (κ3) is 7.58. The average Bonchev–Trinajstić information content (AvgIpc) is 2.17. The Morgan fingerprint density at radius 3 is 2.36 bits per heavy atom. The first kappa shape index (κ1) is 12.9. The number of hydrogen-bond donors (Lipinski definition) is 0. The van der Waals surface area contributed by atoms with Crippen molar-refractivity contribution in [3.63, 3.8) is 0 Å². The van der Waals surface area contributed by atoms with Crippen LogP contribution in [0.2, 0.25) is 0 Å². The van der Waals surface area contributed by atoms with Crippen molar-refractivity contribution < 1.29 is 19.1 Å². The first-order valence-corrected chi connectivity index (χ1v) is 4.93. The highest BCUT2D eigenvalue weighted by Crippen LogP contribution is 1.99. The van der Waals surface area contributed by atoms with Crippen LogP contribution in [-0.2, 0) is 19.1 Å². The van der Waals surface area contributed by atoms with Crippen molar-refractivity contribution >= 4 is 11.9 Å². The van der Waals surface area contributed by atoms with Crippen LogP contribution in [0.5, 0.6) is 0 Å². The van der Waals surface area contributed by atoms with Gasteiger partial charge >= 0.3 is 11.9 Å². The highest BCUT2D eigenvalue weighted by atomic mass is 16.5. The molecule has 0 aromatic heterocycles. The van der Waals surface area contributed by atoms with Gasteiger partial charge < -0.3 is 9.47 Å². The SMILES string of the molecule is CCCCCCOC(=O)CC(=O)OC. The highest BCUT2D eigenvalue weighted by Gasteiger charge is 2.09. The molecule has 0 unspecified atom stereocenters. The second-order valence-corrected chi connectivity index (χ2v) is 3.03. The Hall–Kier alpha value is -1.06. The van der Waals surface area contributed by atoms with Gasteiger partial charge in [-0.1, -0.05) is 26.2 Å². The smallest absolute Gasteiger partial charge is 0.317 e. The van der Waals surface area contributed by atoms with Gasteiger partial charge in [-0.3, -0.25) is 9.59 Å². The van der Waals surface area contributed by atoms with Gasteiger partial charge in [0.05, 0.1) is 13.7 Å². The van der Waals surface area contributed by atoms with Crippen molar-refractivity contribution in [3.05, 3.63) is 0 Å². The molecular weight excluding hydrogens is 184 g/mol. The van der Waals surface area contributed by atoms with Gasteiger partial charge in [0.1, 0.15) is 6.42 Å². The predicted octanol–water partition coefficient (Wildman–Crippen LogP) is 1.67. The van der Waals surface area contributed by atoms with Crippen LogP contribution in [0.4, 0.5) is 0 Å². The first-order valence-electron chi connectivity index (χ1n) is 4.93. The molecule has 0 saturated carbocycles. The Bertz CT molecular complexity index is 177. The summed E-state index contributed by atoms with van der Waals surface area (Å²) in [4.78, 5) is 21.6. The summed E-state index contributed by atoms with van der Waals surface area (Å²) in [6, 6.07) is 0. The fourth-order valence-electron chi connectivity index (χ4n) is 0.956. The zero-order valence-electron chi connectivity index (χ0n) is 8.88. The zero-order chi connectivity index (χ0) is 10.8. The van der Waals surface area contributed by atoms with Crippen molar-refractivity contribution in [1.82, 2.24) is 0 Å². The molecule has 4 heteroatoms. The molecule has 0 radical (unpaired) electrons. The molecule has 0 amide bonds. The molecule has 0 atom stereocenters. The average molecular weight is 202 g/mol. The lowest BCUT2D eigenvalue weighted by molar-refractivity contribution is -0.153. The predicted molar refractivity (Wildman–Crippen MR) is 51.7 cm³/mol. The van der Waals surface area contributed by atoms with Gasteiger partial charge in [0.2, 0.25) is 0 Å². The third-order valence-electron chi connectivity index (χ3n) is 1.78. The van der Waals surface area contributed by atoms with Crippen LogP contribution in [0.3, 0.4) is 0 Å². The van der Waals surface area contributed by atoms with Crippen LogP contribution in [0.25, 0.3) is 0 Å². The van der Waals surface area contributed by atoms with Crippen molar-refractivity contribution in [2.24, 2.45) is 0 Å². The fourth-order valence-corrected chi connectivity index (χ4v) is 0.956. The molecule has 0 aliphatic rings. The summed E-state index contributed by atoms with van der Waals surface area (Å²) >= 11 is 0. The van der Waals surface area contributed by atoms with E-state index in [1.54, 1.807) is 0 Å². The molecule has 14 heavy (non-hydrogen) atoms. The van der Waals surface area contributed by atoms with Gasteiger partial charge in [0.15, 0.2) is 0 Å². The molecular formula is C10H18O4. The van der Waals surface area contributed by atoms with E-state index in [9.17, 15) is 9.59 Å². The van der Waals surface area contributed by atoms with E-state index in [1.165, 1.54) is 7.11 Å². The number of carbonyl (C=O) groups excluding carboxylic acids is 2. The Labute approximate surface area is 84.6 Å². The van der Waals surface area contributed by atoms with E-state index in [4.69, 9.17) is 4.74 Å². The third-order valence-corrected chi connectivity index (χ3v) is 1.78. The van der Waals surface area contributed by atoms with Crippen LogP contribution in [0.1, 0.15) is 39.0 Å². The van der Waals surface area contributed by atoms with Crippen molar-refractivity contribution in [1.29, 1.82) is 0 Å². The maximum Gasteiger partial charge on any atom is 0.317 e. The molecule has 0 heterocycles. The van der Waals surface area contributed by atoms with E-state index in [1.807, 2.05) is 0 Å². The minimum Gasteiger partial charge on any atom is -0.469 e. The number of unbranched alkanes of at least 4 members (excludes halogenated alkanes) is 3. The molecule has 82 valence electrons. The van der Waals surface area contributed by atoms with Crippen LogP contribution >= 0.6 is 0 Å². The van der Waals surface area contributed by atoms with Crippen LogP contribution in [0.15, 0.2) is 0 Å². The molecule has 0 bridgehead atoms. The van der Waals surface area contributed by atoms with Crippen LogP contribution in [0, 0.1) is 0 Å². The summed E-state index contributed by atoms with van der Waals surface area (Å²) in [6.45, 7) is 2.51. The maximum atomic E-state index is 10.9. The topological polar surface area (TPSA) is 52.6 Å². The Morgan fingerprint density at radius 2 is 1.79 bits per heavy atom. The molecule has 0 rings (SSSR count). The number of carbonyl (C=O) groups is 2. The van der Waals surface area contributed by atoms with Gasteiger partial charge in [0.25, 0.3) is 0 Å². The number of methoxy groups -OCH3 is 1. The fraction of sp³-hybridized carbons (Fsp3) is 0.800. The molecule has 0 aromatic carbocycles. The Balaban J connectivity index is 3.31. The second-order valence-electron chi connectivity index (χ2n) is 3.03. The minimum absolute atomic E-state index is 0.287. The molecule has 0 aliphatic carbocycles. The molecule has 0 spiro atoms. The van der Waals surface area contributed by atoms with E-state index in [0.29, 0.717) is 6.61 Å². The summed E-state index contributed by atoms with van der Waals surface area (Å²) in [5.41, 5.74) is 0. The van der Waals surface area contributed by atoms with Gasteiger partial charge in [-0.15, -0.1) is 0 Å².